The minimum atomic E-state index is 0.701. The van der Waals surface area contributed by atoms with E-state index in [1.165, 1.54) is 0 Å². The maximum atomic E-state index is 5.32. The molecule has 0 heterocycles. The monoisotopic (exact) mass is 152 g/mol. The third-order valence-electron chi connectivity index (χ3n) is 1.08. The molecule has 1 heteroatoms. The Morgan fingerprint density at radius 3 is 2.55 bits per heavy atom. The van der Waals surface area contributed by atoms with Gasteiger partial charge in [0.05, 0.1) is 12.4 Å². The minimum Gasteiger partial charge on any atom is -0.498 e. The van der Waals surface area contributed by atoms with Gasteiger partial charge in [0.2, 0.25) is 0 Å². The van der Waals surface area contributed by atoms with Gasteiger partial charge in [-0.15, -0.1) is 6.58 Å². The van der Waals surface area contributed by atoms with Crippen molar-refractivity contribution in [1.29, 1.82) is 0 Å². The van der Waals surface area contributed by atoms with Crippen molar-refractivity contribution >= 4 is 0 Å². The molecule has 0 aromatic heterocycles. The lowest BCUT2D eigenvalue weighted by Crippen LogP contribution is -1.90. The van der Waals surface area contributed by atoms with Crippen molar-refractivity contribution in [2.75, 3.05) is 6.61 Å². The van der Waals surface area contributed by atoms with Gasteiger partial charge in [0.25, 0.3) is 0 Å². The number of ether oxygens (including phenoxy) is 1. The zero-order valence-electron chi connectivity index (χ0n) is 7.39. The maximum Gasteiger partial charge on any atom is 0.0999 e. The topological polar surface area (TPSA) is 9.23 Å². The van der Waals surface area contributed by atoms with Crippen molar-refractivity contribution in [3.05, 3.63) is 36.6 Å². The second-order valence-electron chi connectivity index (χ2n) is 2.38. The number of hydrogen-bond acceptors (Lipinski definition) is 1. The molecule has 0 rings (SSSR count). The van der Waals surface area contributed by atoms with E-state index in [2.05, 4.69) is 13.2 Å². The van der Waals surface area contributed by atoms with Crippen LogP contribution >= 0.6 is 0 Å². The van der Waals surface area contributed by atoms with Crippen molar-refractivity contribution in [2.45, 2.75) is 20.3 Å². The number of hydrogen-bond donors (Lipinski definition) is 0. The van der Waals surface area contributed by atoms with Crippen LogP contribution in [0.1, 0.15) is 20.3 Å². The fraction of sp³-hybridized carbons (Fsp3) is 0.400. The van der Waals surface area contributed by atoms with E-state index in [-0.39, 0.29) is 0 Å². The molecule has 0 aromatic carbocycles. The minimum absolute atomic E-state index is 0.701. The van der Waals surface area contributed by atoms with E-state index in [9.17, 15) is 0 Å². The first kappa shape index (κ1) is 10.0. The second kappa shape index (κ2) is 5.78. The Morgan fingerprint density at radius 1 is 1.55 bits per heavy atom. The summed E-state index contributed by atoms with van der Waals surface area (Å²) < 4.78 is 5.32. The summed E-state index contributed by atoms with van der Waals surface area (Å²) in [5, 5.41) is 0. The lowest BCUT2D eigenvalue weighted by Gasteiger charge is -2.05. The summed E-state index contributed by atoms with van der Waals surface area (Å²) in [4.78, 5) is 0. The summed E-state index contributed by atoms with van der Waals surface area (Å²) in [5.74, 6) is 0.940. The van der Waals surface area contributed by atoms with E-state index in [0.29, 0.717) is 6.61 Å². The van der Waals surface area contributed by atoms with Gasteiger partial charge in [-0.05, 0) is 19.9 Å². The zero-order chi connectivity index (χ0) is 8.69. The second-order valence-corrected chi connectivity index (χ2v) is 2.38. The molecule has 1 nitrogen and oxygen atoms in total. The van der Waals surface area contributed by atoms with Gasteiger partial charge in [0, 0.05) is 6.42 Å². The van der Waals surface area contributed by atoms with Crippen LogP contribution in [0, 0.1) is 0 Å². The molecule has 0 aliphatic carbocycles. The molecule has 0 bridgehead atoms. The van der Waals surface area contributed by atoms with Gasteiger partial charge < -0.3 is 4.74 Å². The number of allylic oxidation sites excluding steroid dienone is 3. The third kappa shape index (κ3) is 5.46. The van der Waals surface area contributed by atoms with E-state index in [1.54, 1.807) is 0 Å². The molecular weight excluding hydrogens is 136 g/mol. The summed E-state index contributed by atoms with van der Waals surface area (Å²) >= 11 is 0. The van der Waals surface area contributed by atoms with Crippen LogP contribution in [0.25, 0.3) is 0 Å². The van der Waals surface area contributed by atoms with Crippen LogP contribution in [0.5, 0.6) is 0 Å². The summed E-state index contributed by atoms with van der Waals surface area (Å²) in [6, 6.07) is 0. The van der Waals surface area contributed by atoms with E-state index in [4.69, 9.17) is 4.74 Å². The predicted octanol–water partition coefficient (Wildman–Crippen LogP) is 3.06. The Bertz CT molecular complexity index is 166. The average Bonchev–Trinajstić information content (AvgIpc) is 1.87. The van der Waals surface area contributed by atoms with Crippen molar-refractivity contribution in [3.8, 4) is 0 Å². The Kier molecular flexibility index (Phi) is 5.26. The SMILES string of the molecule is C=CC/C(=C\C(=C)C)OCC. The molecule has 0 spiro atoms. The highest BCUT2D eigenvalue weighted by Gasteiger charge is 1.92. The van der Waals surface area contributed by atoms with Crippen LogP contribution in [0.4, 0.5) is 0 Å². The highest BCUT2D eigenvalue weighted by Crippen LogP contribution is 2.06. The smallest absolute Gasteiger partial charge is 0.0999 e. The number of rotatable bonds is 5. The molecule has 62 valence electrons. The molecule has 0 aliphatic heterocycles. The molecule has 11 heavy (non-hydrogen) atoms. The summed E-state index contributed by atoms with van der Waals surface area (Å²) in [7, 11) is 0. The zero-order valence-corrected chi connectivity index (χ0v) is 7.39. The summed E-state index contributed by atoms with van der Waals surface area (Å²) in [5.41, 5.74) is 1.01. The first-order valence-corrected chi connectivity index (χ1v) is 3.80. The van der Waals surface area contributed by atoms with E-state index in [1.807, 2.05) is 26.0 Å². The largest absolute Gasteiger partial charge is 0.498 e. The first-order chi connectivity index (χ1) is 5.20. The lowest BCUT2D eigenvalue weighted by atomic mass is 10.2. The Hall–Kier alpha value is -0.980. The van der Waals surface area contributed by atoms with E-state index in [0.717, 1.165) is 17.8 Å². The molecule has 0 radical (unpaired) electrons. The van der Waals surface area contributed by atoms with Gasteiger partial charge >= 0.3 is 0 Å². The molecule has 0 aromatic rings. The highest BCUT2D eigenvalue weighted by molar-refractivity contribution is 5.16. The fourth-order valence-corrected chi connectivity index (χ4v) is 0.762. The van der Waals surface area contributed by atoms with E-state index < -0.39 is 0 Å². The molecule has 0 N–H and O–H groups in total. The van der Waals surface area contributed by atoms with Gasteiger partial charge in [-0.2, -0.15) is 0 Å². The normalized spacial score (nSPS) is 10.9. The molecule has 0 unspecified atom stereocenters. The van der Waals surface area contributed by atoms with Crippen molar-refractivity contribution in [2.24, 2.45) is 0 Å². The maximum absolute atomic E-state index is 5.32. The molecule has 0 aliphatic rings. The van der Waals surface area contributed by atoms with Crippen LogP contribution < -0.4 is 0 Å². The van der Waals surface area contributed by atoms with Crippen LogP contribution in [-0.4, -0.2) is 6.61 Å². The molecule has 0 fully saturated rings. The van der Waals surface area contributed by atoms with Crippen molar-refractivity contribution in [1.82, 2.24) is 0 Å². The van der Waals surface area contributed by atoms with Crippen LogP contribution in [0.15, 0.2) is 36.6 Å². The predicted molar refractivity (Wildman–Crippen MR) is 49.3 cm³/mol. The Labute approximate surface area is 69.1 Å². The molecule has 0 amide bonds. The average molecular weight is 152 g/mol. The standard InChI is InChI=1S/C10H16O/c1-5-7-10(11-6-2)8-9(3)4/h5,8H,1,3,6-7H2,2,4H3/b10-8+. The first-order valence-electron chi connectivity index (χ1n) is 3.80. The quantitative estimate of drug-likeness (QED) is 0.334. The van der Waals surface area contributed by atoms with E-state index >= 15 is 0 Å². The lowest BCUT2D eigenvalue weighted by molar-refractivity contribution is 0.224. The Balaban J connectivity index is 4.06. The van der Waals surface area contributed by atoms with Crippen LogP contribution in [-0.2, 0) is 4.74 Å². The third-order valence-corrected chi connectivity index (χ3v) is 1.08. The van der Waals surface area contributed by atoms with Gasteiger partial charge in [0.15, 0.2) is 0 Å². The van der Waals surface area contributed by atoms with Crippen molar-refractivity contribution < 1.29 is 4.74 Å². The van der Waals surface area contributed by atoms with Crippen LogP contribution in [0.3, 0.4) is 0 Å². The molecule has 0 saturated heterocycles. The fourth-order valence-electron chi connectivity index (χ4n) is 0.762. The Morgan fingerprint density at radius 2 is 2.18 bits per heavy atom. The highest BCUT2D eigenvalue weighted by atomic mass is 16.5. The molecule has 0 atom stereocenters. The molecular formula is C10H16O. The summed E-state index contributed by atoms with van der Waals surface area (Å²) in [6.07, 6.45) is 4.54. The van der Waals surface area contributed by atoms with Gasteiger partial charge in [-0.25, -0.2) is 0 Å². The van der Waals surface area contributed by atoms with Gasteiger partial charge in [-0.3, -0.25) is 0 Å². The molecule has 0 saturated carbocycles. The van der Waals surface area contributed by atoms with Crippen molar-refractivity contribution in [3.63, 3.8) is 0 Å². The van der Waals surface area contributed by atoms with Crippen LogP contribution in [0.2, 0.25) is 0 Å². The van der Waals surface area contributed by atoms with Gasteiger partial charge in [-0.1, -0.05) is 18.2 Å². The summed E-state index contributed by atoms with van der Waals surface area (Å²) in [6.45, 7) is 12.0. The van der Waals surface area contributed by atoms with Gasteiger partial charge in [0.1, 0.15) is 0 Å².